The SMILES string of the molecule is Cc1ccc2sc3ccc(-c4cccc(-c5cc6ccc7cc(-c8cccc(-c9ccncc9)n8)cc8ccc(c5)c6c78)c4)cc3c2c1.N#Cc1ccc2sc3ccc(-c4ccc5cc(-c6cc7ccc8cc(-c9cccc%10ccccc9%10)cc9ccc(c6)c7c89)ccc5c4)cc3c2c1. The van der Waals surface area contributed by atoms with Gasteiger partial charge in [-0.1, -0.05) is 163 Å². The molecule has 0 N–H and O–H groups in total. The van der Waals surface area contributed by atoms with Gasteiger partial charge in [0.15, 0.2) is 0 Å². The maximum Gasteiger partial charge on any atom is 0.0991 e. The van der Waals surface area contributed by atoms with Gasteiger partial charge in [-0.25, -0.2) is 4.98 Å². The zero-order chi connectivity index (χ0) is 65.4. The average Bonchev–Trinajstić information content (AvgIpc) is 1.51. The van der Waals surface area contributed by atoms with Crippen LogP contribution in [0.15, 0.2) is 316 Å². The predicted molar refractivity (Wildman–Crippen MR) is 424 cm³/mol. The monoisotopic (exact) mass is 1290 g/mol. The molecule has 0 unspecified atom stereocenters. The van der Waals surface area contributed by atoms with Gasteiger partial charge in [-0.05, 0) is 294 Å². The molecule has 0 amide bonds. The van der Waals surface area contributed by atoms with Crippen LogP contribution in [0.2, 0.25) is 0 Å². The highest BCUT2D eigenvalue weighted by Gasteiger charge is 2.18. The van der Waals surface area contributed by atoms with E-state index in [2.05, 4.69) is 297 Å². The molecular formula is C94H55N3S2. The van der Waals surface area contributed by atoms with Gasteiger partial charge in [-0.2, -0.15) is 5.26 Å². The second-order valence-electron chi connectivity index (χ2n) is 26.4. The van der Waals surface area contributed by atoms with Gasteiger partial charge in [-0.15, -0.1) is 22.7 Å². The molecule has 3 nitrogen and oxygen atoms in total. The van der Waals surface area contributed by atoms with Crippen LogP contribution >= 0.6 is 22.7 Å². The third-order valence-electron chi connectivity index (χ3n) is 20.4. The number of hydrogen-bond acceptors (Lipinski definition) is 5. The molecule has 4 aromatic heterocycles. The zero-order valence-corrected chi connectivity index (χ0v) is 55.3. The molecule has 0 bridgehead atoms. The van der Waals surface area contributed by atoms with E-state index in [9.17, 15) is 5.26 Å². The summed E-state index contributed by atoms with van der Waals surface area (Å²) in [5.41, 5.74) is 18.4. The van der Waals surface area contributed by atoms with Crippen LogP contribution in [0, 0.1) is 18.3 Å². The Balaban J connectivity index is 0.000000134. The molecule has 0 aliphatic rings. The minimum absolute atomic E-state index is 0.699. The van der Waals surface area contributed by atoms with Crippen LogP contribution in [0.1, 0.15) is 11.1 Å². The van der Waals surface area contributed by atoms with Crippen molar-refractivity contribution in [2.75, 3.05) is 0 Å². The fraction of sp³-hybridized carbons (Fsp3) is 0.0106. The van der Waals surface area contributed by atoms with Crippen LogP contribution in [0.5, 0.6) is 0 Å². The van der Waals surface area contributed by atoms with Crippen molar-refractivity contribution in [3.63, 3.8) is 0 Å². The summed E-state index contributed by atoms with van der Waals surface area (Å²) >= 11 is 3.65. The molecule has 0 spiro atoms. The second kappa shape index (κ2) is 22.6. The highest BCUT2D eigenvalue weighted by Crippen LogP contribution is 2.45. The Morgan fingerprint density at radius 3 is 1.22 bits per heavy atom. The fourth-order valence-electron chi connectivity index (χ4n) is 15.6. The van der Waals surface area contributed by atoms with Crippen molar-refractivity contribution < 1.29 is 0 Å². The van der Waals surface area contributed by atoms with Gasteiger partial charge in [0.25, 0.3) is 0 Å². The molecule has 5 heteroatoms. The Morgan fingerprint density at radius 1 is 0.263 bits per heavy atom. The number of thiophene rings is 2. The van der Waals surface area contributed by atoms with Gasteiger partial charge < -0.3 is 0 Å². The number of benzene rings is 17. The minimum atomic E-state index is 0.699. The third-order valence-corrected chi connectivity index (χ3v) is 22.8. The minimum Gasteiger partial charge on any atom is -0.265 e. The number of rotatable bonds is 7. The third kappa shape index (κ3) is 9.67. The number of pyridine rings is 2. The van der Waals surface area contributed by atoms with E-state index in [0.717, 1.165) is 27.9 Å². The first-order valence-corrected chi connectivity index (χ1v) is 35.2. The number of aromatic nitrogens is 2. The first kappa shape index (κ1) is 56.9. The van der Waals surface area contributed by atoms with Crippen LogP contribution in [-0.2, 0) is 0 Å². The van der Waals surface area contributed by atoms with Crippen molar-refractivity contribution in [1.82, 2.24) is 9.97 Å². The van der Waals surface area contributed by atoms with Gasteiger partial charge in [0.05, 0.1) is 23.0 Å². The smallest absolute Gasteiger partial charge is 0.0991 e. The Morgan fingerprint density at radius 2 is 0.657 bits per heavy atom. The molecule has 0 saturated carbocycles. The average molecular weight is 1290 g/mol. The number of nitrogens with zero attached hydrogens (tertiary/aromatic N) is 3. The number of nitriles is 1. The van der Waals surface area contributed by atoms with E-state index >= 15 is 0 Å². The van der Waals surface area contributed by atoms with Crippen molar-refractivity contribution in [3.05, 3.63) is 327 Å². The highest BCUT2D eigenvalue weighted by atomic mass is 32.1. The van der Waals surface area contributed by atoms with Crippen molar-refractivity contribution in [3.8, 4) is 84.2 Å². The van der Waals surface area contributed by atoms with E-state index in [-0.39, 0.29) is 0 Å². The summed E-state index contributed by atoms with van der Waals surface area (Å²) in [5, 5.41) is 34.9. The predicted octanol–water partition coefficient (Wildman–Crippen LogP) is 26.8. The van der Waals surface area contributed by atoms with Crippen LogP contribution in [0.3, 0.4) is 0 Å². The first-order valence-electron chi connectivity index (χ1n) is 33.6. The molecule has 21 aromatic rings. The lowest BCUT2D eigenvalue weighted by Gasteiger charge is -2.15. The Hall–Kier alpha value is -12.4. The standard InChI is InChI=1S/C49H27NS.C45H28N2S/c50-28-29-8-18-46-44(20-29)45-27-35(17-19-47(45)51-46)33-10-9-32-22-34(12-11-31(32)21-33)40-23-36-13-15-38-25-41(26-39-16-14-37(24-40)48(36)49(38)39)43-7-3-5-30-4-1-2-6-42(30)43;1-27-8-14-42-38(20-27)39-26-31(13-15-43(39)48-42)29-4-2-5-30(21-29)36-22-32-9-11-34-24-37(25-35-12-10-33(23-36)44(32)45(34)35)41-7-3-6-40(47-41)28-16-18-46-19-17-28/h1-27H;2-26H,1H3. The molecule has 0 saturated heterocycles. The fourth-order valence-corrected chi connectivity index (χ4v) is 17.8. The van der Waals surface area contributed by atoms with Gasteiger partial charge in [0.1, 0.15) is 0 Å². The van der Waals surface area contributed by atoms with Crippen molar-refractivity contribution in [2.24, 2.45) is 0 Å². The molecule has 21 rings (SSSR count). The van der Waals surface area contributed by atoms with Gasteiger partial charge in [-0.3, -0.25) is 4.98 Å². The first-order chi connectivity index (χ1) is 48.8. The molecule has 0 fully saturated rings. The van der Waals surface area contributed by atoms with Crippen LogP contribution in [0.25, 0.3) is 205 Å². The van der Waals surface area contributed by atoms with Crippen molar-refractivity contribution in [1.29, 1.82) is 5.26 Å². The molecule has 99 heavy (non-hydrogen) atoms. The summed E-state index contributed by atoms with van der Waals surface area (Å²) in [5.74, 6) is 0. The normalized spacial score (nSPS) is 11.9. The van der Waals surface area contributed by atoms with E-state index in [1.54, 1.807) is 11.3 Å². The topological polar surface area (TPSA) is 49.6 Å². The quantitative estimate of drug-likeness (QED) is 0.149. The summed E-state index contributed by atoms with van der Waals surface area (Å²) in [6.45, 7) is 2.17. The molecule has 0 aliphatic carbocycles. The van der Waals surface area contributed by atoms with E-state index in [1.165, 1.54) is 182 Å². The molecule has 17 aromatic carbocycles. The molecule has 0 radical (unpaired) electrons. The summed E-state index contributed by atoms with van der Waals surface area (Å²) in [6.07, 6.45) is 3.62. The summed E-state index contributed by atoms with van der Waals surface area (Å²) in [6, 6.07) is 114. The Kier molecular flexibility index (Phi) is 13.0. The maximum atomic E-state index is 9.46. The zero-order valence-electron chi connectivity index (χ0n) is 53.7. The van der Waals surface area contributed by atoms with Crippen LogP contribution in [-0.4, -0.2) is 9.97 Å². The van der Waals surface area contributed by atoms with Crippen molar-refractivity contribution >= 4 is 149 Å². The molecule has 458 valence electrons. The lowest BCUT2D eigenvalue weighted by molar-refractivity contribution is 1.29. The highest BCUT2D eigenvalue weighted by molar-refractivity contribution is 7.26. The number of aryl methyl sites for hydroxylation is 1. The van der Waals surface area contributed by atoms with Gasteiger partial charge in [0.2, 0.25) is 0 Å². The van der Waals surface area contributed by atoms with Crippen LogP contribution in [0.4, 0.5) is 0 Å². The van der Waals surface area contributed by atoms with E-state index in [0.29, 0.717) is 5.56 Å². The molecule has 0 atom stereocenters. The van der Waals surface area contributed by atoms with Gasteiger partial charge >= 0.3 is 0 Å². The maximum absolute atomic E-state index is 9.46. The number of hydrogen-bond donors (Lipinski definition) is 0. The lowest BCUT2D eigenvalue weighted by Crippen LogP contribution is -1.90. The van der Waals surface area contributed by atoms with Crippen molar-refractivity contribution in [2.45, 2.75) is 6.92 Å². The Labute approximate surface area is 578 Å². The number of fused-ring (bicyclic) bond motifs is 8. The lowest BCUT2D eigenvalue weighted by atomic mass is 9.88. The van der Waals surface area contributed by atoms with Gasteiger partial charge in [0, 0.05) is 63.9 Å². The molecule has 4 heterocycles. The second-order valence-corrected chi connectivity index (χ2v) is 28.6. The Bertz CT molecular complexity index is 6810. The van der Waals surface area contributed by atoms with Crippen LogP contribution < -0.4 is 0 Å². The van der Waals surface area contributed by atoms with E-state index in [1.807, 2.05) is 48.0 Å². The van der Waals surface area contributed by atoms with E-state index < -0.39 is 0 Å². The summed E-state index contributed by atoms with van der Waals surface area (Å²) in [4.78, 5) is 9.18. The van der Waals surface area contributed by atoms with E-state index in [4.69, 9.17) is 4.98 Å². The molecular weight excluding hydrogens is 1240 g/mol. The summed E-state index contributed by atoms with van der Waals surface area (Å²) in [7, 11) is 0. The molecule has 0 aliphatic heterocycles. The largest absolute Gasteiger partial charge is 0.265 e. The summed E-state index contributed by atoms with van der Waals surface area (Å²) < 4.78 is 5.14.